The number of rotatable bonds is 6. The maximum Gasteiger partial charge on any atom is 0.329 e. The first-order chi connectivity index (χ1) is 30.8. The second-order valence-corrected chi connectivity index (χ2v) is 19.8. The summed E-state index contributed by atoms with van der Waals surface area (Å²) in [6.07, 6.45) is 8.39. The number of carbonyl (C=O) groups is 5. The summed E-state index contributed by atoms with van der Waals surface area (Å²) in [5.74, 6) is -2.79. The Morgan fingerprint density at radius 2 is 1.59 bits per heavy atom. The summed E-state index contributed by atoms with van der Waals surface area (Å²) in [6.45, 7) is 1.21. The van der Waals surface area contributed by atoms with Crippen LogP contribution < -0.4 is 27.0 Å². The minimum atomic E-state index is -1.31. The summed E-state index contributed by atoms with van der Waals surface area (Å²) < 4.78 is 19.4. The maximum absolute atomic E-state index is 16.3. The largest absolute Gasteiger partial charge is 0.352 e. The molecule has 2 aliphatic carbocycles. The Kier molecular flexibility index (Phi) is 11.0. The third-order valence-electron chi connectivity index (χ3n) is 15.6. The lowest BCUT2D eigenvalue weighted by atomic mass is 9.55. The Bertz CT molecular complexity index is 2660. The number of amides is 5. The van der Waals surface area contributed by atoms with Crippen molar-refractivity contribution >= 4 is 69.5 Å². The van der Waals surface area contributed by atoms with Crippen LogP contribution in [-0.4, -0.2) is 74.3 Å². The van der Waals surface area contributed by atoms with Gasteiger partial charge in [0.25, 0.3) is 0 Å². The van der Waals surface area contributed by atoms with Crippen molar-refractivity contribution in [2.24, 2.45) is 13.0 Å². The van der Waals surface area contributed by atoms with Crippen LogP contribution in [0.1, 0.15) is 118 Å². The molecule has 0 radical (unpaired) electrons. The minimum absolute atomic E-state index is 0.0767. The van der Waals surface area contributed by atoms with E-state index < -0.39 is 40.7 Å². The van der Waals surface area contributed by atoms with E-state index in [1.165, 1.54) is 10.6 Å². The SMILES string of the molecule is Cn1c(=O)n([C@H]2CCC(=O)NC2=O)c2ccc(C3CCN(C(=O)C4CCC(NC(=O)[C@@H]5NC6(CCCCC6)[C@@]6(C(=O)Nc7cc(Cl)ccc76)C5c5cccc(Cl)c5F)CC4)CC3)cc21. The molecule has 1 unspecified atom stereocenters. The summed E-state index contributed by atoms with van der Waals surface area (Å²) in [5.41, 5.74) is 1.48. The lowest BCUT2D eigenvalue weighted by molar-refractivity contribution is -0.138. The van der Waals surface area contributed by atoms with Gasteiger partial charge in [-0.25, -0.2) is 9.18 Å². The third kappa shape index (κ3) is 6.80. The van der Waals surface area contributed by atoms with E-state index in [-0.39, 0.29) is 70.6 Å². The van der Waals surface area contributed by atoms with Crippen LogP contribution in [-0.2, 0) is 36.4 Å². The molecule has 16 heteroatoms. The molecule has 2 spiro atoms. The fourth-order valence-electron chi connectivity index (χ4n) is 12.5. The Labute approximate surface area is 379 Å². The molecule has 5 fully saturated rings. The van der Waals surface area contributed by atoms with Crippen molar-refractivity contribution < 1.29 is 28.4 Å². The summed E-state index contributed by atoms with van der Waals surface area (Å²) in [4.78, 5) is 83.1. The smallest absolute Gasteiger partial charge is 0.329 e. The minimum Gasteiger partial charge on any atom is -0.352 e. The van der Waals surface area contributed by atoms with Crippen LogP contribution in [0.4, 0.5) is 10.1 Å². The van der Waals surface area contributed by atoms with Gasteiger partial charge in [-0.15, -0.1) is 0 Å². The number of aromatic nitrogens is 2. The van der Waals surface area contributed by atoms with Crippen molar-refractivity contribution in [3.63, 3.8) is 0 Å². The topological polar surface area (TPSA) is 164 Å². The van der Waals surface area contributed by atoms with Crippen molar-refractivity contribution in [1.82, 2.24) is 30.0 Å². The van der Waals surface area contributed by atoms with Crippen LogP contribution in [0.15, 0.2) is 59.4 Å². The maximum atomic E-state index is 16.3. The summed E-state index contributed by atoms with van der Waals surface area (Å²) in [6, 6.07) is 14.1. The van der Waals surface area contributed by atoms with Crippen molar-refractivity contribution in [2.45, 2.75) is 124 Å². The number of imidazole rings is 1. The zero-order valence-corrected chi connectivity index (χ0v) is 37.2. The number of likely N-dealkylation sites (tertiary alicyclic amines) is 1. The van der Waals surface area contributed by atoms with Gasteiger partial charge in [-0.2, -0.15) is 0 Å². The lowest BCUT2D eigenvalue weighted by Gasteiger charge is -2.47. The van der Waals surface area contributed by atoms with E-state index in [1.54, 1.807) is 35.9 Å². The predicted octanol–water partition coefficient (Wildman–Crippen LogP) is 6.49. The van der Waals surface area contributed by atoms with Gasteiger partial charge >= 0.3 is 5.69 Å². The zero-order chi connectivity index (χ0) is 44.7. The Morgan fingerprint density at radius 3 is 2.33 bits per heavy atom. The number of carbonyl (C=O) groups excluding carboxylic acids is 5. The molecule has 5 heterocycles. The van der Waals surface area contributed by atoms with Gasteiger partial charge in [-0.3, -0.25) is 43.7 Å². The number of piperidine rings is 2. The van der Waals surface area contributed by atoms with E-state index in [1.807, 2.05) is 29.2 Å². The van der Waals surface area contributed by atoms with Crippen molar-refractivity contribution in [3.8, 4) is 0 Å². The first-order valence-electron chi connectivity index (χ1n) is 22.8. The molecule has 336 valence electrons. The number of halogens is 3. The van der Waals surface area contributed by atoms with Crippen LogP contribution >= 0.6 is 23.2 Å². The summed E-state index contributed by atoms with van der Waals surface area (Å²) in [5, 5.41) is 12.8. The second kappa shape index (κ2) is 16.4. The first-order valence-corrected chi connectivity index (χ1v) is 23.5. The number of nitrogens with one attached hydrogen (secondary N) is 4. The van der Waals surface area contributed by atoms with E-state index in [4.69, 9.17) is 23.2 Å². The Morgan fingerprint density at radius 1 is 0.844 bits per heavy atom. The van der Waals surface area contributed by atoms with E-state index in [0.717, 1.165) is 43.2 Å². The monoisotopic (exact) mass is 911 g/mol. The van der Waals surface area contributed by atoms with Gasteiger partial charge < -0.3 is 15.5 Å². The van der Waals surface area contributed by atoms with Crippen LogP contribution in [0.3, 0.4) is 0 Å². The van der Waals surface area contributed by atoms with Crippen molar-refractivity contribution in [2.75, 3.05) is 18.4 Å². The molecule has 3 saturated heterocycles. The highest BCUT2D eigenvalue weighted by molar-refractivity contribution is 6.31. The molecule has 3 aromatic carbocycles. The number of aryl methyl sites for hydroxylation is 1. The highest BCUT2D eigenvalue weighted by Crippen LogP contribution is 2.63. The number of benzene rings is 3. The highest BCUT2D eigenvalue weighted by Gasteiger charge is 2.72. The molecular formula is C48H52Cl2FN7O6. The van der Waals surface area contributed by atoms with Gasteiger partial charge in [0.2, 0.25) is 29.5 Å². The van der Waals surface area contributed by atoms with Crippen molar-refractivity contribution in [3.05, 3.63) is 97.6 Å². The molecule has 0 bridgehead atoms. The lowest BCUT2D eigenvalue weighted by Crippen LogP contribution is -2.60. The van der Waals surface area contributed by atoms with E-state index in [2.05, 4.69) is 21.3 Å². The van der Waals surface area contributed by atoms with Crippen LogP contribution in [0.25, 0.3) is 11.0 Å². The molecule has 1 aromatic heterocycles. The molecule has 64 heavy (non-hydrogen) atoms. The fraction of sp³-hybridized carbons (Fsp3) is 0.500. The third-order valence-corrected chi connectivity index (χ3v) is 16.2. The van der Waals surface area contributed by atoms with Crippen LogP contribution in [0.2, 0.25) is 10.0 Å². The van der Waals surface area contributed by atoms with Gasteiger partial charge in [0.1, 0.15) is 17.3 Å². The second-order valence-electron chi connectivity index (χ2n) is 18.9. The average molecular weight is 913 g/mol. The molecule has 6 aliphatic rings. The quantitative estimate of drug-likeness (QED) is 0.161. The molecule has 4 atom stereocenters. The van der Waals surface area contributed by atoms with Crippen LogP contribution in [0, 0.1) is 11.7 Å². The predicted molar refractivity (Wildman–Crippen MR) is 240 cm³/mol. The molecule has 4 aliphatic heterocycles. The van der Waals surface area contributed by atoms with E-state index >= 15 is 4.39 Å². The summed E-state index contributed by atoms with van der Waals surface area (Å²) >= 11 is 12.8. The van der Waals surface area contributed by atoms with E-state index in [0.29, 0.717) is 73.4 Å². The fourth-order valence-corrected chi connectivity index (χ4v) is 12.9. The number of hydrogen-bond acceptors (Lipinski definition) is 7. The summed E-state index contributed by atoms with van der Waals surface area (Å²) in [7, 11) is 1.69. The molecule has 2 saturated carbocycles. The number of imide groups is 1. The standard InChI is InChI=1S/C48H52Cl2FN7O6/c1-56-37-24-28(10-15-35(37)58(46(56)64)36-16-17-38(59)54-42(36)60)26-18-22-57(23-19-26)44(62)27-8-12-30(13-9-27)52-43(61)41-39(31-6-5-7-33(50)40(31)51)48(47(55-41)20-3-2-4-21-47)32-14-11-29(49)25-34(32)53-45(48)63/h5-7,10-11,14-15,24-27,30,36,39,41,55H,2-4,8-9,12-13,16-23H2,1H3,(H,52,61)(H,53,63)(H,54,59,60)/t27?,30?,36-,39?,41+,48+/m0/s1. The normalized spacial score (nSPS) is 28.1. The van der Waals surface area contributed by atoms with E-state index in [9.17, 15) is 28.8 Å². The molecule has 4 N–H and O–H groups in total. The molecule has 13 nitrogen and oxygen atoms in total. The number of fused-ring (bicyclic) bond motifs is 4. The van der Waals surface area contributed by atoms with Crippen molar-refractivity contribution in [1.29, 1.82) is 0 Å². The van der Waals surface area contributed by atoms with Gasteiger partial charge in [0.05, 0.1) is 22.1 Å². The van der Waals surface area contributed by atoms with Crippen LogP contribution in [0.5, 0.6) is 0 Å². The highest BCUT2D eigenvalue weighted by atomic mass is 35.5. The molecular weight excluding hydrogens is 860 g/mol. The molecule has 4 aromatic rings. The number of hydrogen-bond donors (Lipinski definition) is 4. The molecule has 5 amide bonds. The first kappa shape index (κ1) is 42.9. The van der Waals surface area contributed by atoms with Gasteiger partial charge in [-0.05, 0) is 111 Å². The number of anilines is 1. The number of nitrogens with zero attached hydrogens (tertiary/aromatic N) is 3. The van der Waals surface area contributed by atoms with Gasteiger partial charge in [0.15, 0.2) is 0 Å². The Balaban J connectivity index is 0.815. The molecule has 10 rings (SSSR count). The van der Waals surface area contributed by atoms with Gasteiger partial charge in [-0.1, -0.05) is 66.7 Å². The zero-order valence-electron chi connectivity index (χ0n) is 35.7. The average Bonchev–Trinajstić information content (AvgIpc) is 3.84. The Hall–Kier alpha value is -5.05. The van der Waals surface area contributed by atoms with Gasteiger partial charge in [0, 0.05) is 60.7 Å².